The van der Waals surface area contributed by atoms with Crippen molar-refractivity contribution in [2.45, 2.75) is 19.4 Å². The van der Waals surface area contributed by atoms with Gasteiger partial charge in [-0.15, -0.1) is 0 Å². The third-order valence-electron chi connectivity index (χ3n) is 2.67. The molecule has 2 aromatic rings. The molecule has 0 spiro atoms. The van der Waals surface area contributed by atoms with Crippen molar-refractivity contribution in [3.8, 4) is 0 Å². The summed E-state index contributed by atoms with van der Waals surface area (Å²) >= 11 is 1.66. The maximum Gasteiger partial charge on any atom is 0.319 e. The Kier molecular flexibility index (Phi) is 4.41. The van der Waals surface area contributed by atoms with E-state index >= 15 is 0 Å². The van der Waals surface area contributed by atoms with E-state index in [1.807, 2.05) is 12.3 Å². The minimum absolute atomic E-state index is 0.0865. The Hall–Kier alpha value is -2.01. The van der Waals surface area contributed by atoms with Crippen LogP contribution in [0.2, 0.25) is 0 Å². The molecule has 5 heteroatoms. The van der Waals surface area contributed by atoms with Crippen LogP contribution in [0.4, 0.5) is 16.2 Å². The number of carbonyl (C=O) groups is 1. The Balaban J connectivity index is 1.82. The minimum Gasteiger partial charge on any atom is -0.399 e. The zero-order valence-corrected chi connectivity index (χ0v) is 11.5. The Labute approximate surface area is 116 Å². The second kappa shape index (κ2) is 6.24. The lowest BCUT2D eigenvalue weighted by molar-refractivity contribution is 0.249. The van der Waals surface area contributed by atoms with Crippen LogP contribution in [0.5, 0.6) is 0 Å². The van der Waals surface area contributed by atoms with E-state index in [0.29, 0.717) is 5.69 Å². The SMILES string of the molecule is CC(Cc1ccsc1)NC(=O)Nc1ccc(N)cc1. The van der Waals surface area contributed by atoms with Crippen LogP contribution in [0.25, 0.3) is 0 Å². The minimum atomic E-state index is -0.201. The highest BCUT2D eigenvalue weighted by Crippen LogP contribution is 2.11. The van der Waals surface area contributed by atoms with Gasteiger partial charge in [0, 0.05) is 17.4 Å². The van der Waals surface area contributed by atoms with E-state index in [9.17, 15) is 4.79 Å². The smallest absolute Gasteiger partial charge is 0.319 e. The Morgan fingerprint density at radius 1 is 1.32 bits per heavy atom. The van der Waals surface area contributed by atoms with Crippen molar-refractivity contribution in [2.24, 2.45) is 0 Å². The molecule has 0 aliphatic rings. The van der Waals surface area contributed by atoms with Crippen LogP contribution in [-0.4, -0.2) is 12.1 Å². The van der Waals surface area contributed by atoms with Crippen LogP contribution in [0, 0.1) is 0 Å². The van der Waals surface area contributed by atoms with Gasteiger partial charge in [0.15, 0.2) is 0 Å². The normalized spacial score (nSPS) is 11.8. The number of nitrogen functional groups attached to an aromatic ring is 1. The second-order valence-electron chi connectivity index (χ2n) is 4.46. The zero-order chi connectivity index (χ0) is 13.7. The summed E-state index contributed by atoms with van der Waals surface area (Å²) in [6.07, 6.45) is 0.832. The van der Waals surface area contributed by atoms with Gasteiger partial charge < -0.3 is 16.4 Å². The molecule has 19 heavy (non-hydrogen) atoms. The van der Waals surface area contributed by atoms with Crippen molar-refractivity contribution in [1.29, 1.82) is 0 Å². The average molecular weight is 275 g/mol. The van der Waals surface area contributed by atoms with Gasteiger partial charge in [0.05, 0.1) is 0 Å². The molecule has 1 aromatic heterocycles. The summed E-state index contributed by atoms with van der Waals surface area (Å²) in [5.74, 6) is 0. The summed E-state index contributed by atoms with van der Waals surface area (Å²) in [6, 6.07) is 9.02. The van der Waals surface area contributed by atoms with Gasteiger partial charge in [0.25, 0.3) is 0 Å². The summed E-state index contributed by atoms with van der Waals surface area (Å²) in [5, 5.41) is 9.81. The zero-order valence-electron chi connectivity index (χ0n) is 10.7. The first-order valence-electron chi connectivity index (χ1n) is 6.07. The van der Waals surface area contributed by atoms with Gasteiger partial charge in [0.1, 0.15) is 0 Å². The molecule has 4 nitrogen and oxygen atoms in total. The molecular weight excluding hydrogens is 258 g/mol. The van der Waals surface area contributed by atoms with Gasteiger partial charge in [-0.05, 0) is 60.0 Å². The number of hydrogen-bond acceptors (Lipinski definition) is 3. The number of nitrogens with two attached hydrogens (primary N) is 1. The van der Waals surface area contributed by atoms with Crippen molar-refractivity contribution >= 4 is 28.7 Å². The molecule has 0 aliphatic carbocycles. The molecule has 1 atom stereocenters. The molecule has 1 heterocycles. The highest BCUT2D eigenvalue weighted by Gasteiger charge is 2.08. The number of amides is 2. The predicted molar refractivity (Wildman–Crippen MR) is 80.5 cm³/mol. The van der Waals surface area contributed by atoms with Crippen LogP contribution in [0.15, 0.2) is 41.1 Å². The maximum absolute atomic E-state index is 11.8. The summed E-state index contributed by atoms with van der Waals surface area (Å²) in [5.41, 5.74) is 8.24. The van der Waals surface area contributed by atoms with E-state index in [-0.39, 0.29) is 12.1 Å². The lowest BCUT2D eigenvalue weighted by Gasteiger charge is -2.14. The van der Waals surface area contributed by atoms with E-state index < -0.39 is 0 Å². The molecule has 2 amide bonds. The van der Waals surface area contributed by atoms with E-state index in [1.54, 1.807) is 35.6 Å². The lowest BCUT2D eigenvalue weighted by Crippen LogP contribution is -2.37. The van der Waals surface area contributed by atoms with Crippen LogP contribution >= 0.6 is 11.3 Å². The standard InChI is InChI=1S/C14H17N3OS/c1-10(8-11-6-7-19-9-11)16-14(18)17-13-4-2-12(15)3-5-13/h2-7,9-10H,8,15H2,1H3,(H2,16,17,18). The number of hydrogen-bond donors (Lipinski definition) is 3. The van der Waals surface area contributed by atoms with Gasteiger partial charge >= 0.3 is 6.03 Å². The number of benzene rings is 1. The van der Waals surface area contributed by atoms with Gasteiger partial charge in [0.2, 0.25) is 0 Å². The largest absolute Gasteiger partial charge is 0.399 e. The topological polar surface area (TPSA) is 67.2 Å². The number of nitrogens with one attached hydrogen (secondary N) is 2. The predicted octanol–water partition coefficient (Wildman–Crippen LogP) is 3.08. The molecule has 1 unspecified atom stereocenters. The van der Waals surface area contributed by atoms with Crippen molar-refractivity contribution in [2.75, 3.05) is 11.1 Å². The molecule has 0 saturated heterocycles. The maximum atomic E-state index is 11.8. The molecule has 0 bridgehead atoms. The number of anilines is 2. The Bertz CT molecular complexity index is 522. The third-order valence-corrected chi connectivity index (χ3v) is 3.40. The first-order chi connectivity index (χ1) is 9.13. The summed E-state index contributed by atoms with van der Waals surface area (Å²) in [7, 11) is 0. The quantitative estimate of drug-likeness (QED) is 0.751. The Morgan fingerprint density at radius 2 is 2.05 bits per heavy atom. The molecule has 2 rings (SSSR count). The fourth-order valence-electron chi connectivity index (χ4n) is 1.77. The van der Waals surface area contributed by atoms with Gasteiger partial charge in [-0.3, -0.25) is 0 Å². The highest BCUT2D eigenvalue weighted by molar-refractivity contribution is 7.07. The van der Waals surface area contributed by atoms with Gasteiger partial charge in [-0.2, -0.15) is 11.3 Å². The van der Waals surface area contributed by atoms with E-state index in [1.165, 1.54) is 5.56 Å². The molecule has 0 aliphatic heterocycles. The highest BCUT2D eigenvalue weighted by atomic mass is 32.1. The molecule has 0 saturated carbocycles. The summed E-state index contributed by atoms with van der Waals surface area (Å²) in [4.78, 5) is 11.8. The molecule has 0 radical (unpaired) electrons. The van der Waals surface area contributed by atoms with E-state index in [0.717, 1.165) is 12.1 Å². The fraction of sp³-hybridized carbons (Fsp3) is 0.214. The van der Waals surface area contributed by atoms with Crippen molar-refractivity contribution in [3.63, 3.8) is 0 Å². The first-order valence-corrected chi connectivity index (χ1v) is 7.02. The van der Waals surface area contributed by atoms with Crippen LogP contribution in [0.1, 0.15) is 12.5 Å². The summed E-state index contributed by atoms with van der Waals surface area (Å²) < 4.78 is 0. The first kappa shape index (κ1) is 13.4. The lowest BCUT2D eigenvalue weighted by atomic mass is 10.1. The van der Waals surface area contributed by atoms with Gasteiger partial charge in [-0.25, -0.2) is 4.79 Å². The number of carbonyl (C=O) groups excluding carboxylic acids is 1. The monoisotopic (exact) mass is 275 g/mol. The average Bonchev–Trinajstić information content (AvgIpc) is 2.84. The molecule has 4 N–H and O–H groups in total. The molecular formula is C14H17N3OS. The van der Waals surface area contributed by atoms with Crippen LogP contribution < -0.4 is 16.4 Å². The number of rotatable bonds is 4. The molecule has 0 fully saturated rings. The Morgan fingerprint density at radius 3 is 2.68 bits per heavy atom. The van der Waals surface area contributed by atoms with Crippen molar-refractivity contribution in [1.82, 2.24) is 5.32 Å². The fourth-order valence-corrected chi connectivity index (χ4v) is 2.45. The van der Waals surface area contributed by atoms with Crippen molar-refractivity contribution < 1.29 is 4.79 Å². The van der Waals surface area contributed by atoms with Crippen LogP contribution in [-0.2, 0) is 6.42 Å². The summed E-state index contributed by atoms with van der Waals surface area (Å²) in [6.45, 7) is 1.99. The number of urea groups is 1. The van der Waals surface area contributed by atoms with E-state index in [4.69, 9.17) is 5.73 Å². The third kappa shape index (κ3) is 4.30. The van der Waals surface area contributed by atoms with Crippen LogP contribution in [0.3, 0.4) is 0 Å². The van der Waals surface area contributed by atoms with E-state index in [2.05, 4.69) is 22.1 Å². The molecule has 100 valence electrons. The molecule has 1 aromatic carbocycles. The second-order valence-corrected chi connectivity index (χ2v) is 5.24. The van der Waals surface area contributed by atoms with Gasteiger partial charge in [-0.1, -0.05) is 0 Å². The number of thiophene rings is 1. The van der Waals surface area contributed by atoms with Crippen molar-refractivity contribution in [3.05, 3.63) is 46.7 Å².